The van der Waals surface area contributed by atoms with E-state index in [-0.39, 0.29) is 0 Å². The van der Waals surface area contributed by atoms with E-state index in [1.165, 1.54) is 58.2 Å². The molecule has 0 spiro atoms. The number of nitrogens with one attached hydrogen (secondary N) is 1. The van der Waals surface area contributed by atoms with E-state index in [1.807, 2.05) is 0 Å². The Morgan fingerprint density at radius 3 is 2.37 bits per heavy atom. The lowest BCUT2D eigenvalue weighted by molar-refractivity contribution is 0.0427. The zero-order chi connectivity index (χ0) is 13.9. The lowest BCUT2D eigenvalue weighted by Gasteiger charge is -2.49. The molecular weight excluding hydrogens is 232 g/mol. The normalized spacial score (nSPS) is 28.6. The maximum atomic E-state index is 3.87. The lowest BCUT2D eigenvalue weighted by Crippen LogP contribution is -2.65. The van der Waals surface area contributed by atoms with Crippen molar-refractivity contribution >= 4 is 0 Å². The van der Waals surface area contributed by atoms with Gasteiger partial charge in [0.15, 0.2) is 0 Å². The third-order valence-corrected chi connectivity index (χ3v) is 5.83. The fourth-order valence-corrected chi connectivity index (χ4v) is 3.77. The summed E-state index contributed by atoms with van der Waals surface area (Å²) in [6.45, 7) is 13.2. The molecule has 0 aromatic heterocycles. The summed E-state index contributed by atoms with van der Waals surface area (Å²) in [4.78, 5) is 2.81. The second kappa shape index (κ2) is 6.58. The average molecular weight is 266 g/mol. The Labute approximate surface area is 120 Å². The summed E-state index contributed by atoms with van der Waals surface area (Å²) in [7, 11) is 0. The van der Waals surface area contributed by atoms with Gasteiger partial charge in [-0.2, -0.15) is 0 Å². The molecule has 0 bridgehead atoms. The molecule has 19 heavy (non-hydrogen) atoms. The monoisotopic (exact) mass is 266 g/mol. The highest BCUT2D eigenvalue weighted by Gasteiger charge is 2.37. The molecule has 1 aliphatic carbocycles. The second-order valence-corrected chi connectivity index (χ2v) is 7.24. The fraction of sp³-hybridized carbons (Fsp3) is 1.00. The first-order valence-corrected chi connectivity index (χ1v) is 8.59. The standard InChI is InChI=1S/C17H34N2/c1-5-17(6-2)13-19(11-10-15-8-7-9-15)16(12-18-17)14(3)4/h14-16,18H,5-13H2,1-4H3. The minimum Gasteiger partial charge on any atom is -0.308 e. The molecule has 2 heteroatoms. The van der Waals surface area contributed by atoms with Gasteiger partial charge in [-0.05, 0) is 37.6 Å². The molecule has 2 aliphatic rings. The van der Waals surface area contributed by atoms with Crippen molar-refractivity contribution in [3.8, 4) is 0 Å². The molecule has 2 fully saturated rings. The van der Waals surface area contributed by atoms with Crippen LogP contribution in [-0.2, 0) is 0 Å². The first kappa shape index (κ1) is 15.3. The summed E-state index contributed by atoms with van der Waals surface area (Å²) in [5, 5.41) is 3.87. The van der Waals surface area contributed by atoms with Crippen molar-refractivity contribution in [2.24, 2.45) is 11.8 Å². The van der Waals surface area contributed by atoms with Crippen LogP contribution in [0.2, 0.25) is 0 Å². The minimum absolute atomic E-state index is 0.380. The van der Waals surface area contributed by atoms with E-state index in [1.54, 1.807) is 0 Å². The van der Waals surface area contributed by atoms with Gasteiger partial charge in [-0.15, -0.1) is 0 Å². The topological polar surface area (TPSA) is 15.3 Å². The molecule has 1 saturated carbocycles. The van der Waals surface area contributed by atoms with Gasteiger partial charge < -0.3 is 5.32 Å². The van der Waals surface area contributed by atoms with Crippen molar-refractivity contribution < 1.29 is 0 Å². The van der Waals surface area contributed by atoms with Crippen LogP contribution < -0.4 is 5.32 Å². The Bertz CT molecular complexity index is 266. The quantitative estimate of drug-likeness (QED) is 0.789. The van der Waals surface area contributed by atoms with Crippen LogP contribution in [0, 0.1) is 11.8 Å². The highest BCUT2D eigenvalue weighted by atomic mass is 15.3. The van der Waals surface area contributed by atoms with E-state index in [2.05, 4.69) is 37.9 Å². The highest BCUT2D eigenvalue weighted by Crippen LogP contribution is 2.31. The van der Waals surface area contributed by atoms with Crippen LogP contribution in [0.4, 0.5) is 0 Å². The first-order valence-electron chi connectivity index (χ1n) is 8.59. The van der Waals surface area contributed by atoms with Crippen molar-refractivity contribution in [3.63, 3.8) is 0 Å². The number of hydrogen-bond donors (Lipinski definition) is 1. The van der Waals surface area contributed by atoms with Crippen LogP contribution in [0.3, 0.4) is 0 Å². The van der Waals surface area contributed by atoms with Crippen LogP contribution in [0.15, 0.2) is 0 Å². The van der Waals surface area contributed by atoms with E-state index >= 15 is 0 Å². The van der Waals surface area contributed by atoms with Gasteiger partial charge >= 0.3 is 0 Å². The van der Waals surface area contributed by atoms with Crippen molar-refractivity contribution in [1.82, 2.24) is 10.2 Å². The molecule has 2 nitrogen and oxygen atoms in total. The minimum atomic E-state index is 0.380. The smallest absolute Gasteiger partial charge is 0.0304 e. The third kappa shape index (κ3) is 3.52. The molecule has 0 amide bonds. The molecule has 1 aliphatic heterocycles. The van der Waals surface area contributed by atoms with Gasteiger partial charge in [0.1, 0.15) is 0 Å². The van der Waals surface area contributed by atoms with Gasteiger partial charge in [0.05, 0.1) is 0 Å². The fourth-order valence-electron chi connectivity index (χ4n) is 3.77. The van der Waals surface area contributed by atoms with Gasteiger partial charge in [0, 0.05) is 24.7 Å². The number of hydrogen-bond acceptors (Lipinski definition) is 2. The molecule has 1 N–H and O–H groups in total. The molecule has 1 atom stereocenters. The second-order valence-electron chi connectivity index (χ2n) is 7.24. The van der Waals surface area contributed by atoms with Crippen molar-refractivity contribution in [2.45, 2.75) is 77.8 Å². The van der Waals surface area contributed by atoms with Crippen LogP contribution in [0.5, 0.6) is 0 Å². The summed E-state index contributed by atoms with van der Waals surface area (Å²) in [6.07, 6.45) is 8.42. The van der Waals surface area contributed by atoms with Gasteiger partial charge in [0.25, 0.3) is 0 Å². The first-order chi connectivity index (χ1) is 9.10. The summed E-state index contributed by atoms with van der Waals surface area (Å²) in [5.74, 6) is 1.81. The molecule has 1 unspecified atom stereocenters. The van der Waals surface area contributed by atoms with Crippen LogP contribution in [-0.4, -0.2) is 36.1 Å². The van der Waals surface area contributed by atoms with Crippen LogP contribution >= 0.6 is 0 Å². The average Bonchev–Trinajstić information content (AvgIpc) is 2.36. The Morgan fingerprint density at radius 2 is 1.89 bits per heavy atom. The Balaban J connectivity index is 1.94. The molecule has 0 aromatic carbocycles. The predicted octanol–water partition coefficient (Wildman–Crippen LogP) is 3.67. The molecular formula is C17H34N2. The van der Waals surface area contributed by atoms with E-state index < -0.39 is 0 Å². The number of piperazine rings is 1. The van der Waals surface area contributed by atoms with Gasteiger partial charge in [-0.1, -0.05) is 47.0 Å². The number of nitrogens with zero attached hydrogens (tertiary/aromatic N) is 1. The SMILES string of the molecule is CCC1(CC)CN(CCC2CCC2)C(C(C)C)CN1. The molecule has 2 rings (SSSR count). The predicted molar refractivity (Wildman–Crippen MR) is 83.5 cm³/mol. The zero-order valence-corrected chi connectivity index (χ0v) is 13.5. The maximum Gasteiger partial charge on any atom is 0.0304 e. The molecule has 0 aromatic rings. The Hall–Kier alpha value is -0.0800. The lowest BCUT2D eigenvalue weighted by atomic mass is 9.81. The highest BCUT2D eigenvalue weighted by molar-refractivity contribution is 4.97. The van der Waals surface area contributed by atoms with Crippen LogP contribution in [0.1, 0.15) is 66.2 Å². The molecule has 0 radical (unpaired) electrons. The molecule has 1 heterocycles. The van der Waals surface area contributed by atoms with Gasteiger partial charge in [-0.25, -0.2) is 0 Å². The molecule has 1 saturated heterocycles. The summed E-state index contributed by atoms with van der Waals surface area (Å²) in [6, 6.07) is 0.742. The van der Waals surface area contributed by atoms with Crippen molar-refractivity contribution in [2.75, 3.05) is 19.6 Å². The van der Waals surface area contributed by atoms with Gasteiger partial charge in [0.2, 0.25) is 0 Å². The van der Waals surface area contributed by atoms with E-state index in [4.69, 9.17) is 0 Å². The van der Waals surface area contributed by atoms with E-state index in [0.29, 0.717) is 5.54 Å². The zero-order valence-electron chi connectivity index (χ0n) is 13.5. The summed E-state index contributed by atoms with van der Waals surface area (Å²) < 4.78 is 0. The Kier molecular flexibility index (Phi) is 5.30. The molecule has 112 valence electrons. The van der Waals surface area contributed by atoms with Crippen molar-refractivity contribution in [3.05, 3.63) is 0 Å². The van der Waals surface area contributed by atoms with Gasteiger partial charge in [-0.3, -0.25) is 4.90 Å². The largest absolute Gasteiger partial charge is 0.308 e. The number of rotatable bonds is 6. The van der Waals surface area contributed by atoms with Crippen LogP contribution in [0.25, 0.3) is 0 Å². The third-order valence-electron chi connectivity index (χ3n) is 5.83. The summed E-state index contributed by atoms with van der Waals surface area (Å²) >= 11 is 0. The van der Waals surface area contributed by atoms with Crippen molar-refractivity contribution in [1.29, 1.82) is 0 Å². The Morgan fingerprint density at radius 1 is 1.21 bits per heavy atom. The van der Waals surface area contributed by atoms with E-state index in [0.717, 1.165) is 17.9 Å². The summed E-state index contributed by atoms with van der Waals surface area (Å²) in [5.41, 5.74) is 0.380. The van der Waals surface area contributed by atoms with E-state index in [9.17, 15) is 0 Å². The maximum absolute atomic E-state index is 3.87.